The second kappa shape index (κ2) is 8.15. The Labute approximate surface area is 143 Å². The summed E-state index contributed by atoms with van der Waals surface area (Å²) >= 11 is 0. The lowest BCUT2D eigenvalue weighted by Gasteiger charge is -2.24. The van der Waals surface area contributed by atoms with Gasteiger partial charge in [-0.05, 0) is 37.9 Å². The van der Waals surface area contributed by atoms with Gasteiger partial charge in [0.2, 0.25) is 5.91 Å². The third-order valence-electron chi connectivity index (χ3n) is 4.75. The summed E-state index contributed by atoms with van der Waals surface area (Å²) in [6.07, 6.45) is 3.23. The van der Waals surface area contributed by atoms with Gasteiger partial charge in [0.1, 0.15) is 6.04 Å². The lowest BCUT2D eigenvalue weighted by molar-refractivity contribution is -0.132. The van der Waals surface area contributed by atoms with Crippen molar-refractivity contribution in [3.05, 3.63) is 35.9 Å². The topological polar surface area (TPSA) is 64.7 Å². The molecule has 1 unspecified atom stereocenters. The Morgan fingerprint density at radius 2 is 1.96 bits per heavy atom. The van der Waals surface area contributed by atoms with Crippen LogP contribution in [-0.2, 0) is 11.2 Å². The molecule has 2 saturated heterocycles. The summed E-state index contributed by atoms with van der Waals surface area (Å²) in [6.45, 7) is 4.94. The molecule has 3 amide bonds. The summed E-state index contributed by atoms with van der Waals surface area (Å²) in [4.78, 5) is 28.0. The number of amides is 3. The number of urea groups is 1. The van der Waals surface area contributed by atoms with E-state index in [1.54, 1.807) is 0 Å². The Hall–Kier alpha value is -2.08. The Morgan fingerprint density at radius 3 is 2.71 bits per heavy atom. The van der Waals surface area contributed by atoms with Crippen LogP contribution in [0.3, 0.4) is 0 Å². The van der Waals surface area contributed by atoms with Crippen LogP contribution in [0.15, 0.2) is 30.3 Å². The van der Waals surface area contributed by atoms with Crippen molar-refractivity contribution in [2.45, 2.75) is 25.3 Å². The van der Waals surface area contributed by atoms with Crippen LogP contribution >= 0.6 is 0 Å². The van der Waals surface area contributed by atoms with Gasteiger partial charge in [0.15, 0.2) is 0 Å². The van der Waals surface area contributed by atoms with E-state index in [9.17, 15) is 9.59 Å². The van der Waals surface area contributed by atoms with Gasteiger partial charge in [-0.1, -0.05) is 30.3 Å². The maximum absolute atomic E-state index is 12.5. The highest BCUT2D eigenvalue weighted by Gasteiger charge is 2.31. The van der Waals surface area contributed by atoms with Gasteiger partial charge in [0.05, 0.1) is 0 Å². The Bertz CT molecular complexity index is 563. The number of carbonyl (C=O) groups excluding carboxylic acids is 2. The third kappa shape index (κ3) is 4.47. The third-order valence-corrected chi connectivity index (χ3v) is 4.75. The molecule has 0 bridgehead atoms. The maximum atomic E-state index is 12.5. The number of carbonyl (C=O) groups is 2. The van der Waals surface area contributed by atoms with E-state index in [1.165, 1.54) is 5.56 Å². The van der Waals surface area contributed by atoms with E-state index in [-0.39, 0.29) is 11.9 Å². The highest BCUT2D eigenvalue weighted by atomic mass is 16.2. The highest BCUT2D eigenvalue weighted by molar-refractivity contribution is 5.90. The average Bonchev–Trinajstić information content (AvgIpc) is 2.90. The summed E-state index contributed by atoms with van der Waals surface area (Å²) in [5.74, 6) is 0.0412. The molecule has 24 heavy (non-hydrogen) atoms. The van der Waals surface area contributed by atoms with Gasteiger partial charge >= 0.3 is 6.03 Å². The SMILES string of the molecule is O=C1NCC(C(=O)N2CCCN(CCCc3ccccc3)CC2)N1. The van der Waals surface area contributed by atoms with Gasteiger partial charge in [-0.15, -0.1) is 0 Å². The Morgan fingerprint density at radius 1 is 1.12 bits per heavy atom. The van der Waals surface area contributed by atoms with Crippen LogP contribution in [-0.4, -0.2) is 67.0 Å². The molecule has 3 rings (SSSR count). The van der Waals surface area contributed by atoms with Crippen molar-refractivity contribution in [2.24, 2.45) is 0 Å². The predicted molar refractivity (Wildman–Crippen MR) is 92.7 cm³/mol. The van der Waals surface area contributed by atoms with E-state index >= 15 is 0 Å². The minimum Gasteiger partial charge on any atom is -0.340 e. The molecule has 0 aliphatic carbocycles. The summed E-state index contributed by atoms with van der Waals surface area (Å²) in [5, 5.41) is 5.33. The molecule has 6 heteroatoms. The van der Waals surface area contributed by atoms with Crippen LogP contribution in [0.25, 0.3) is 0 Å². The molecule has 2 aliphatic heterocycles. The summed E-state index contributed by atoms with van der Waals surface area (Å²) in [6, 6.07) is 9.92. The van der Waals surface area contributed by atoms with E-state index in [4.69, 9.17) is 0 Å². The second-order valence-electron chi connectivity index (χ2n) is 6.52. The number of nitrogens with zero attached hydrogens (tertiary/aromatic N) is 2. The molecule has 2 aliphatic rings. The molecule has 2 fully saturated rings. The van der Waals surface area contributed by atoms with Crippen molar-refractivity contribution in [3.63, 3.8) is 0 Å². The molecular formula is C18H26N4O2. The maximum Gasteiger partial charge on any atom is 0.315 e. The summed E-state index contributed by atoms with van der Waals surface area (Å²) in [7, 11) is 0. The number of benzene rings is 1. The fourth-order valence-electron chi connectivity index (χ4n) is 3.39. The fourth-order valence-corrected chi connectivity index (χ4v) is 3.39. The van der Waals surface area contributed by atoms with Gasteiger partial charge in [0.25, 0.3) is 0 Å². The minimum atomic E-state index is -0.401. The number of hydrogen-bond acceptors (Lipinski definition) is 3. The van der Waals surface area contributed by atoms with Crippen molar-refractivity contribution >= 4 is 11.9 Å². The molecular weight excluding hydrogens is 304 g/mol. The zero-order valence-corrected chi connectivity index (χ0v) is 14.0. The zero-order chi connectivity index (χ0) is 16.8. The van der Waals surface area contributed by atoms with Crippen molar-refractivity contribution in [3.8, 4) is 0 Å². The number of nitrogens with one attached hydrogen (secondary N) is 2. The molecule has 2 heterocycles. The quantitative estimate of drug-likeness (QED) is 0.841. The molecule has 1 atom stereocenters. The molecule has 6 nitrogen and oxygen atoms in total. The van der Waals surface area contributed by atoms with E-state index in [0.29, 0.717) is 6.54 Å². The van der Waals surface area contributed by atoms with Gasteiger partial charge in [-0.3, -0.25) is 4.79 Å². The van der Waals surface area contributed by atoms with E-state index in [2.05, 4.69) is 39.8 Å². The van der Waals surface area contributed by atoms with Crippen molar-refractivity contribution in [1.82, 2.24) is 20.4 Å². The van der Waals surface area contributed by atoms with E-state index in [1.807, 2.05) is 11.0 Å². The van der Waals surface area contributed by atoms with Gasteiger partial charge in [0, 0.05) is 26.2 Å². The molecule has 2 N–H and O–H groups in total. The van der Waals surface area contributed by atoms with Crippen LogP contribution in [0.4, 0.5) is 4.79 Å². The van der Waals surface area contributed by atoms with Crippen LogP contribution in [0.1, 0.15) is 18.4 Å². The molecule has 0 spiro atoms. The number of aryl methyl sites for hydroxylation is 1. The van der Waals surface area contributed by atoms with Crippen molar-refractivity contribution in [1.29, 1.82) is 0 Å². The molecule has 1 aromatic carbocycles. The first-order valence-corrected chi connectivity index (χ1v) is 8.82. The summed E-state index contributed by atoms with van der Waals surface area (Å²) < 4.78 is 0. The predicted octanol–water partition coefficient (Wildman–Crippen LogP) is 0.835. The van der Waals surface area contributed by atoms with Crippen LogP contribution < -0.4 is 10.6 Å². The lowest BCUT2D eigenvalue weighted by atomic mass is 10.1. The highest BCUT2D eigenvalue weighted by Crippen LogP contribution is 2.09. The number of hydrogen-bond donors (Lipinski definition) is 2. The number of rotatable bonds is 5. The molecule has 0 aromatic heterocycles. The van der Waals surface area contributed by atoms with Crippen LogP contribution in [0.2, 0.25) is 0 Å². The normalized spacial score (nSPS) is 21.9. The molecule has 0 radical (unpaired) electrons. The zero-order valence-electron chi connectivity index (χ0n) is 14.0. The Kier molecular flexibility index (Phi) is 5.69. The van der Waals surface area contributed by atoms with Crippen molar-refractivity contribution < 1.29 is 9.59 Å². The van der Waals surface area contributed by atoms with Crippen LogP contribution in [0, 0.1) is 0 Å². The second-order valence-corrected chi connectivity index (χ2v) is 6.52. The first-order valence-electron chi connectivity index (χ1n) is 8.82. The summed E-state index contributed by atoms with van der Waals surface area (Å²) in [5.41, 5.74) is 1.38. The molecule has 0 saturated carbocycles. The van der Waals surface area contributed by atoms with Gasteiger partial charge in [-0.2, -0.15) is 0 Å². The van der Waals surface area contributed by atoms with Gasteiger partial charge < -0.3 is 20.4 Å². The standard InChI is InChI=1S/C18H26N4O2/c23-17(16-14-19-18(24)20-16)22-11-5-10-21(12-13-22)9-4-8-15-6-2-1-3-7-15/h1-3,6-7,16H,4-5,8-14H2,(H2,19,20,24). The largest absolute Gasteiger partial charge is 0.340 e. The molecule has 1 aromatic rings. The van der Waals surface area contributed by atoms with Gasteiger partial charge in [-0.25, -0.2) is 4.79 Å². The monoisotopic (exact) mass is 330 g/mol. The first kappa shape index (κ1) is 16.8. The Balaban J connectivity index is 1.41. The minimum absolute atomic E-state index is 0.0412. The first-order chi connectivity index (χ1) is 11.7. The van der Waals surface area contributed by atoms with E-state index < -0.39 is 6.04 Å². The fraction of sp³-hybridized carbons (Fsp3) is 0.556. The van der Waals surface area contributed by atoms with Crippen molar-refractivity contribution in [2.75, 3.05) is 39.3 Å². The van der Waals surface area contributed by atoms with Crippen LogP contribution in [0.5, 0.6) is 0 Å². The average molecular weight is 330 g/mol. The molecule has 130 valence electrons. The smallest absolute Gasteiger partial charge is 0.315 e. The van der Waals surface area contributed by atoms with E-state index in [0.717, 1.165) is 52.0 Å². The lowest BCUT2D eigenvalue weighted by Crippen LogP contribution is -2.46.